The standard InChI is InChI=1S/C25H30ClN3O/c1-18(28-22-11-6-9-20(26)17-22)27-21-10-5-8-19(16-21)24(30)29-15-7-14-25(2)13-4-3-12-23(25)29/h5-6,8-11,16-17,23,27-28H,1,3-4,7,12-15H2,2H3. The van der Waals surface area contributed by atoms with Gasteiger partial charge in [-0.15, -0.1) is 0 Å². The third-order valence-corrected chi connectivity index (χ3v) is 6.82. The topological polar surface area (TPSA) is 44.4 Å². The number of fused-ring (bicyclic) bond motifs is 1. The second kappa shape index (κ2) is 8.73. The molecular formula is C25H30ClN3O. The molecule has 2 N–H and O–H groups in total. The lowest BCUT2D eigenvalue weighted by Gasteiger charge is -2.51. The normalized spacial score (nSPS) is 23.4. The minimum Gasteiger partial charge on any atom is -0.342 e. The van der Waals surface area contributed by atoms with Crippen molar-refractivity contribution in [3.63, 3.8) is 0 Å². The molecule has 2 aromatic carbocycles. The fourth-order valence-electron chi connectivity index (χ4n) is 5.10. The largest absolute Gasteiger partial charge is 0.342 e. The number of anilines is 2. The lowest BCUT2D eigenvalue weighted by Crippen LogP contribution is -2.54. The summed E-state index contributed by atoms with van der Waals surface area (Å²) in [4.78, 5) is 15.5. The van der Waals surface area contributed by atoms with Gasteiger partial charge >= 0.3 is 0 Å². The lowest BCUT2D eigenvalue weighted by atomic mass is 9.66. The number of piperidine rings is 1. The van der Waals surface area contributed by atoms with Crippen molar-refractivity contribution in [2.45, 2.75) is 51.5 Å². The number of amides is 1. The van der Waals surface area contributed by atoms with Gasteiger partial charge in [0.1, 0.15) is 5.82 Å². The summed E-state index contributed by atoms with van der Waals surface area (Å²) in [5.74, 6) is 0.768. The van der Waals surface area contributed by atoms with Crippen molar-refractivity contribution in [1.82, 2.24) is 4.90 Å². The molecule has 2 aromatic rings. The van der Waals surface area contributed by atoms with E-state index in [-0.39, 0.29) is 11.3 Å². The molecule has 2 unspecified atom stereocenters. The van der Waals surface area contributed by atoms with Crippen LogP contribution < -0.4 is 10.6 Å². The number of hydrogen-bond donors (Lipinski definition) is 2. The molecule has 1 aliphatic heterocycles. The molecule has 1 aliphatic carbocycles. The van der Waals surface area contributed by atoms with E-state index in [0.29, 0.717) is 16.9 Å². The number of carbonyl (C=O) groups is 1. The smallest absolute Gasteiger partial charge is 0.254 e. The van der Waals surface area contributed by atoms with E-state index in [1.54, 1.807) is 0 Å². The number of rotatable bonds is 5. The van der Waals surface area contributed by atoms with Gasteiger partial charge in [0.25, 0.3) is 5.91 Å². The summed E-state index contributed by atoms with van der Waals surface area (Å²) >= 11 is 6.04. The number of nitrogens with zero attached hydrogens (tertiary/aromatic N) is 1. The first-order chi connectivity index (χ1) is 14.4. The molecule has 0 spiro atoms. The SMILES string of the molecule is C=C(Nc1cccc(Cl)c1)Nc1cccc(C(=O)N2CCCC3(C)CCCCC23)c1. The first-order valence-electron chi connectivity index (χ1n) is 10.8. The van der Waals surface area contributed by atoms with Gasteiger partial charge in [0, 0.05) is 34.5 Å². The van der Waals surface area contributed by atoms with Crippen LogP contribution in [0.25, 0.3) is 0 Å². The Bertz CT molecular complexity index is 939. The predicted molar refractivity (Wildman–Crippen MR) is 125 cm³/mol. The Kier molecular flexibility index (Phi) is 6.05. The quantitative estimate of drug-likeness (QED) is 0.575. The first-order valence-corrected chi connectivity index (χ1v) is 11.2. The highest BCUT2D eigenvalue weighted by molar-refractivity contribution is 6.30. The summed E-state index contributed by atoms with van der Waals surface area (Å²) in [6.45, 7) is 7.28. The van der Waals surface area contributed by atoms with E-state index >= 15 is 0 Å². The van der Waals surface area contributed by atoms with E-state index in [9.17, 15) is 4.79 Å². The number of likely N-dealkylation sites (tertiary alicyclic amines) is 1. The maximum Gasteiger partial charge on any atom is 0.254 e. The summed E-state index contributed by atoms with van der Waals surface area (Å²) in [5.41, 5.74) is 2.70. The molecule has 2 atom stereocenters. The Labute approximate surface area is 184 Å². The van der Waals surface area contributed by atoms with Gasteiger partial charge in [-0.2, -0.15) is 0 Å². The van der Waals surface area contributed by atoms with Crippen LogP contribution in [0.5, 0.6) is 0 Å². The molecule has 1 heterocycles. The molecule has 1 saturated carbocycles. The van der Waals surface area contributed by atoms with Crippen molar-refractivity contribution in [1.29, 1.82) is 0 Å². The molecule has 1 amide bonds. The van der Waals surface area contributed by atoms with Crippen molar-refractivity contribution in [2.24, 2.45) is 5.41 Å². The number of nitrogens with one attached hydrogen (secondary N) is 2. The molecule has 158 valence electrons. The van der Waals surface area contributed by atoms with Gasteiger partial charge in [0.05, 0.1) is 0 Å². The second-order valence-electron chi connectivity index (χ2n) is 8.84. The molecule has 0 bridgehead atoms. The maximum absolute atomic E-state index is 13.4. The molecule has 4 nitrogen and oxygen atoms in total. The number of hydrogen-bond acceptors (Lipinski definition) is 3. The van der Waals surface area contributed by atoms with Crippen molar-refractivity contribution in [3.05, 3.63) is 71.5 Å². The average molecular weight is 424 g/mol. The minimum atomic E-state index is 0.143. The number of benzene rings is 2. The third-order valence-electron chi connectivity index (χ3n) is 6.59. The molecular weight excluding hydrogens is 394 g/mol. The van der Waals surface area contributed by atoms with Crippen LogP contribution in [0.15, 0.2) is 60.9 Å². The van der Waals surface area contributed by atoms with Crippen molar-refractivity contribution < 1.29 is 4.79 Å². The summed E-state index contributed by atoms with van der Waals surface area (Å²) < 4.78 is 0. The van der Waals surface area contributed by atoms with Gasteiger partial charge in [0.15, 0.2) is 0 Å². The Balaban J connectivity index is 1.46. The van der Waals surface area contributed by atoms with E-state index in [1.807, 2.05) is 48.5 Å². The van der Waals surface area contributed by atoms with E-state index in [4.69, 9.17) is 11.6 Å². The second-order valence-corrected chi connectivity index (χ2v) is 9.27. The minimum absolute atomic E-state index is 0.143. The van der Waals surface area contributed by atoms with E-state index in [1.165, 1.54) is 25.7 Å². The van der Waals surface area contributed by atoms with Crippen LogP contribution in [-0.2, 0) is 0 Å². The zero-order chi connectivity index (χ0) is 21.1. The summed E-state index contributed by atoms with van der Waals surface area (Å²) in [6, 6.07) is 15.5. The fraction of sp³-hybridized carbons (Fsp3) is 0.400. The van der Waals surface area contributed by atoms with Crippen molar-refractivity contribution >= 4 is 28.9 Å². The van der Waals surface area contributed by atoms with Gasteiger partial charge in [-0.1, -0.05) is 50.1 Å². The molecule has 4 rings (SSSR count). The highest BCUT2D eigenvalue weighted by Crippen LogP contribution is 2.45. The summed E-state index contributed by atoms with van der Waals surface area (Å²) in [6.07, 6.45) is 7.20. The van der Waals surface area contributed by atoms with Crippen LogP contribution in [0.2, 0.25) is 5.02 Å². The fourth-order valence-corrected chi connectivity index (χ4v) is 5.29. The monoisotopic (exact) mass is 423 g/mol. The lowest BCUT2D eigenvalue weighted by molar-refractivity contribution is -0.000447. The molecule has 30 heavy (non-hydrogen) atoms. The van der Waals surface area contributed by atoms with E-state index in [2.05, 4.69) is 29.0 Å². The van der Waals surface area contributed by atoms with Crippen LogP contribution in [0.3, 0.4) is 0 Å². The van der Waals surface area contributed by atoms with Crippen LogP contribution in [0.4, 0.5) is 11.4 Å². The number of halogens is 1. The van der Waals surface area contributed by atoms with E-state index in [0.717, 1.165) is 36.3 Å². The average Bonchev–Trinajstić information content (AvgIpc) is 2.72. The summed E-state index contributed by atoms with van der Waals surface area (Å²) in [5, 5.41) is 7.12. The Morgan fingerprint density at radius 2 is 1.77 bits per heavy atom. The number of carbonyl (C=O) groups excluding carboxylic acids is 1. The Morgan fingerprint density at radius 3 is 2.53 bits per heavy atom. The Morgan fingerprint density at radius 1 is 1.07 bits per heavy atom. The van der Waals surface area contributed by atoms with Gasteiger partial charge in [-0.25, -0.2) is 0 Å². The van der Waals surface area contributed by atoms with Crippen LogP contribution in [0, 0.1) is 5.41 Å². The van der Waals surface area contributed by atoms with Gasteiger partial charge in [-0.3, -0.25) is 4.79 Å². The van der Waals surface area contributed by atoms with Crippen LogP contribution in [0.1, 0.15) is 55.8 Å². The molecule has 5 heteroatoms. The van der Waals surface area contributed by atoms with Crippen LogP contribution in [-0.4, -0.2) is 23.4 Å². The highest BCUT2D eigenvalue weighted by Gasteiger charge is 2.44. The van der Waals surface area contributed by atoms with Crippen molar-refractivity contribution in [2.75, 3.05) is 17.2 Å². The zero-order valence-electron chi connectivity index (χ0n) is 17.6. The molecule has 2 aliphatic rings. The third kappa shape index (κ3) is 4.49. The van der Waals surface area contributed by atoms with Gasteiger partial charge in [-0.05, 0) is 67.5 Å². The molecule has 0 radical (unpaired) electrons. The zero-order valence-corrected chi connectivity index (χ0v) is 18.3. The predicted octanol–water partition coefficient (Wildman–Crippen LogP) is 6.52. The summed E-state index contributed by atoms with van der Waals surface area (Å²) in [7, 11) is 0. The van der Waals surface area contributed by atoms with Gasteiger partial charge < -0.3 is 15.5 Å². The van der Waals surface area contributed by atoms with Gasteiger partial charge in [0.2, 0.25) is 0 Å². The molecule has 2 fully saturated rings. The van der Waals surface area contributed by atoms with Crippen LogP contribution >= 0.6 is 11.6 Å². The molecule has 1 saturated heterocycles. The first kappa shape index (κ1) is 20.8. The highest BCUT2D eigenvalue weighted by atomic mass is 35.5. The van der Waals surface area contributed by atoms with E-state index < -0.39 is 0 Å². The Hall–Kier alpha value is -2.46. The molecule has 0 aromatic heterocycles. The van der Waals surface area contributed by atoms with Crippen molar-refractivity contribution in [3.8, 4) is 0 Å². The maximum atomic E-state index is 13.4.